The molecular weight excluding hydrogens is 444 g/mol. The highest BCUT2D eigenvalue weighted by Gasteiger charge is 2.48. The van der Waals surface area contributed by atoms with Crippen LogP contribution in [0.2, 0.25) is 0 Å². The summed E-state index contributed by atoms with van der Waals surface area (Å²) in [5.74, 6) is 0.614. The number of fused-ring (bicyclic) bond motifs is 1. The van der Waals surface area contributed by atoms with Gasteiger partial charge in [0.2, 0.25) is 0 Å². The second kappa shape index (κ2) is 8.29. The number of hydrogen-bond donors (Lipinski definition) is 0. The van der Waals surface area contributed by atoms with Crippen molar-refractivity contribution in [3.05, 3.63) is 35.9 Å². The van der Waals surface area contributed by atoms with E-state index in [1.54, 1.807) is 17.8 Å². The minimum Gasteiger partial charge on any atom is -0.494 e. The first-order chi connectivity index (χ1) is 16.6. The van der Waals surface area contributed by atoms with E-state index in [1.165, 1.54) is 0 Å². The minimum absolute atomic E-state index is 0.206. The molecule has 0 atom stereocenters. The predicted molar refractivity (Wildman–Crippen MR) is 130 cm³/mol. The van der Waals surface area contributed by atoms with E-state index in [2.05, 4.69) is 22.8 Å². The molecule has 1 aliphatic carbocycles. The largest absolute Gasteiger partial charge is 0.494 e. The van der Waals surface area contributed by atoms with E-state index in [0.717, 1.165) is 55.6 Å². The number of amides is 1. The fourth-order valence-electron chi connectivity index (χ4n) is 5.56. The summed E-state index contributed by atoms with van der Waals surface area (Å²) in [5.41, 5.74) is 4.05. The Morgan fingerprint density at radius 3 is 2.54 bits per heavy atom. The number of likely N-dealkylation sites (tertiary alicyclic amines) is 1. The zero-order chi connectivity index (χ0) is 25.0. The molecule has 1 spiro atoms. The van der Waals surface area contributed by atoms with Gasteiger partial charge in [-0.2, -0.15) is 15.5 Å². The SMILES string of the molecule is COc1cc(-c2cnn(C3CC4(CCN(C(=O)OC(C)(C)C)CC4)C3)c2C)cn2ncc(C#N)c12. The number of rotatable bonds is 3. The third-order valence-corrected chi connectivity index (χ3v) is 7.43. The number of carbonyl (C=O) groups excluding carboxylic acids is 1. The van der Waals surface area contributed by atoms with E-state index in [-0.39, 0.29) is 11.5 Å². The fraction of sp³-hybridized carbons (Fsp3) is 0.538. The number of ether oxygens (including phenoxy) is 2. The number of piperidine rings is 1. The van der Waals surface area contributed by atoms with Gasteiger partial charge in [-0.1, -0.05) is 0 Å². The molecule has 5 rings (SSSR count). The lowest BCUT2D eigenvalue weighted by molar-refractivity contribution is -0.0262. The van der Waals surface area contributed by atoms with Gasteiger partial charge in [0, 0.05) is 36.1 Å². The quantitative estimate of drug-likeness (QED) is 0.542. The third kappa shape index (κ3) is 4.11. The molecule has 0 unspecified atom stereocenters. The van der Waals surface area contributed by atoms with Crippen molar-refractivity contribution in [2.24, 2.45) is 5.41 Å². The van der Waals surface area contributed by atoms with Gasteiger partial charge in [-0.15, -0.1) is 0 Å². The van der Waals surface area contributed by atoms with Crippen LogP contribution in [0.5, 0.6) is 5.75 Å². The van der Waals surface area contributed by atoms with Gasteiger partial charge in [-0.3, -0.25) is 4.68 Å². The van der Waals surface area contributed by atoms with Crippen molar-refractivity contribution in [2.45, 2.75) is 65.0 Å². The van der Waals surface area contributed by atoms with Gasteiger partial charge in [-0.05, 0) is 64.9 Å². The fourth-order valence-corrected chi connectivity index (χ4v) is 5.56. The van der Waals surface area contributed by atoms with Crippen LogP contribution in [0.1, 0.15) is 63.8 Å². The van der Waals surface area contributed by atoms with Crippen molar-refractivity contribution in [3.63, 3.8) is 0 Å². The van der Waals surface area contributed by atoms with Crippen LogP contribution in [0.4, 0.5) is 4.79 Å². The number of nitriles is 1. The molecule has 1 saturated heterocycles. The number of hydrogen-bond acceptors (Lipinski definition) is 6. The highest BCUT2D eigenvalue weighted by molar-refractivity contribution is 5.76. The number of nitrogens with zero attached hydrogens (tertiary/aromatic N) is 6. The van der Waals surface area contributed by atoms with E-state index in [1.807, 2.05) is 44.1 Å². The number of methoxy groups -OCH3 is 1. The standard InChI is InChI=1S/C26H32N6O3/c1-17-21(18-10-22(34-5)23-19(13-27)14-28-31(23)16-18)15-29-32(17)20-11-26(12-20)6-8-30(9-7-26)24(33)35-25(2,3)4/h10,14-16,20H,6-9,11-12H2,1-5H3. The molecule has 9 heteroatoms. The molecule has 9 nitrogen and oxygen atoms in total. The average Bonchev–Trinajstić information content (AvgIpc) is 3.38. The molecule has 3 aromatic rings. The van der Waals surface area contributed by atoms with E-state index in [4.69, 9.17) is 14.6 Å². The minimum atomic E-state index is -0.465. The van der Waals surface area contributed by atoms with Crippen molar-refractivity contribution < 1.29 is 14.3 Å². The number of aromatic nitrogens is 4. The first-order valence-electron chi connectivity index (χ1n) is 12.1. The lowest BCUT2D eigenvalue weighted by Crippen LogP contribution is -2.50. The first-order valence-corrected chi connectivity index (χ1v) is 12.1. The van der Waals surface area contributed by atoms with Gasteiger partial charge >= 0.3 is 6.09 Å². The Morgan fingerprint density at radius 2 is 1.91 bits per heavy atom. The van der Waals surface area contributed by atoms with Crippen LogP contribution in [0, 0.1) is 23.7 Å². The molecule has 0 aromatic carbocycles. The second-order valence-corrected chi connectivity index (χ2v) is 10.9. The Morgan fingerprint density at radius 1 is 1.20 bits per heavy atom. The van der Waals surface area contributed by atoms with E-state index in [9.17, 15) is 10.1 Å². The Hall–Kier alpha value is -3.54. The normalized spacial score (nSPS) is 17.9. The van der Waals surface area contributed by atoms with Crippen molar-refractivity contribution in [3.8, 4) is 22.9 Å². The molecule has 0 radical (unpaired) electrons. The van der Waals surface area contributed by atoms with Gasteiger partial charge in [0.25, 0.3) is 0 Å². The van der Waals surface area contributed by atoms with Gasteiger partial charge in [0.05, 0.1) is 25.5 Å². The van der Waals surface area contributed by atoms with Gasteiger partial charge in [0.15, 0.2) is 0 Å². The van der Waals surface area contributed by atoms with Crippen molar-refractivity contribution in [1.82, 2.24) is 24.3 Å². The van der Waals surface area contributed by atoms with Crippen LogP contribution in [0.15, 0.2) is 24.7 Å². The van der Waals surface area contributed by atoms with Crippen LogP contribution in [-0.4, -0.2) is 56.2 Å². The molecule has 2 aliphatic rings. The van der Waals surface area contributed by atoms with Crippen LogP contribution >= 0.6 is 0 Å². The van der Waals surface area contributed by atoms with Crippen molar-refractivity contribution in [2.75, 3.05) is 20.2 Å². The summed E-state index contributed by atoms with van der Waals surface area (Å²) < 4.78 is 14.9. The Balaban J connectivity index is 1.29. The maximum Gasteiger partial charge on any atom is 0.410 e. The van der Waals surface area contributed by atoms with Gasteiger partial charge in [-0.25, -0.2) is 9.31 Å². The maximum atomic E-state index is 12.4. The number of pyridine rings is 1. The molecule has 0 N–H and O–H groups in total. The average molecular weight is 477 g/mol. The maximum absolute atomic E-state index is 12.4. The predicted octanol–water partition coefficient (Wildman–Crippen LogP) is 4.74. The Kier molecular flexibility index (Phi) is 5.50. The third-order valence-electron chi connectivity index (χ3n) is 7.43. The van der Waals surface area contributed by atoms with Crippen molar-refractivity contribution in [1.29, 1.82) is 5.26 Å². The topological polar surface area (TPSA) is 97.7 Å². The van der Waals surface area contributed by atoms with Crippen LogP contribution in [0.3, 0.4) is 0 Å². The van der Waals surface area contributed by atoms with Gasteiger partial charge < -0.3 is 14.4 Å². The molecule has 0 bridgehead atoms. The second-order valence-electron chi connectivity index (χ2n) is 10.9. The first kappa shape index (κ1) is 23.2. The summed E-state index contributed by atoms with van der Waals surface area (Å²) in [6.07, 6.45) is 9.33. The van der Waals surface area contributed by atoms with Crippen LogP contribution in [0.25, 0.3) is 16.6 Å². The smallest absolute Gasteiger partial charge is 0.410 e. The summed E-state index contributed by atoms with van der Waals surface area (Å²) in [6, 6.07) is 4.47. The Labute approximate surface area is 205 Å². The highest BCUT2D eigenvalue weighted by Crippen LogP contribution is 2.55. The molecule has 184 valence electrons. The molecule has 3 aromatic heterocycles. The molecule has 1 saturated carbocycles. The van der Waals surface area contributed by atoms with Gasteiger partial charge in [0.1, 0.15) is 28.5 Å². The van der Waals surface area contributed by atoms with E-state index >= 15 is 0 Å². The van der Waals surface area contributed by atoms with E-state index in [0.29, 0.717) is 22.9 Å². The lowest BCUT2D eigenvalue weighted by atomic mass is 9.60. The molecule has 1 aliphatic heterocycles. The molecule has 35 heavy (non-hydrogen) atoms. The van der Waals surface area contributed by atoms with Crippen molar-refractivity contribution >= 4 is 11.6 Å². The summed E-state index contributed by atoms with van der Waals surface area (Å²) in [7, 11) is 1.60. The summed E-state index contributed by atoms with van der Waals surface area (Å²) in [5, 5.41) is 18.4. The molecular formula is C26H32N6O3. The number of carbonyl (C=O) groups is 1. The summed E-state index contributed by atoms with van der Waals surface area (Å²) in [6.45, 7) is 9.30. The van der Waals surface area contributed by atoms with Crippen LogP contribution in [-0.2, 0) is 4.74 Å². The zero-order valence-corrected chi connectivity index (χ0v) is 21.0. The summed E-state index contributed by atoms with van der Waals surface area (Å²) >= 11 is 0. The molecule has 2 fully saturated rings. The molecule has 1 amide bonds. The lowest BCUT2D eigenvalue weighted by Gasteiger charge is -2.52. The van der Waals surface area contributed by atoms with E-state index < -0.39 is 5.60 Å². The monoisotopic (exact) mass is 476 g/mol. The summed E-state index contributed by atoms with van der Waals surface area (Å²) in [4.78, 5) is 14.2. The molecule has 4 heterocycles. The van der Waals surface area contributed by atoms with Crippen LogP contribution < -0.4 is 4.74 Å². The Bertz CT molecular complexity index is 1310. The zero-order valence-electron chi connectivity index (χ0n) is 21.0. The highest BCUT2D eigenvalue weighted by atomic mass is 16.6.